The maximum absolute atomic E-state index is 11.6. The van der Waals surface area contributed by atoms with E-state index in [2.05, 4.69) is 42.6 Å². The summed E-state index contributed by atoms with van der Waals surface area (Å²) in [5.41, 5.74) is 0.990. The predicted octanol–water partition coefficient (Wildman–Crippen LogP) is 3.98. The molecule has 2 unspecified atom stereocenters. The Labute approximate surface area is 134 Å². The molecule has 2 rings (SSSR count). The van der Waals surface area contributed by atoms with E-state index in [9.17, 15) is 9.90 Å². The number of hydrogen-bond acceptors (Lipinski definition) is 2. The highest BCUT2D eigenvalue weighted by atomic mass is 16.4. The molecule has 0 amide bonds. The maximum Gasteiger partial charge on any atom is 0.310 e. The predicted molar refractivity (Wildman–Crippen MR) is 90.1 cm³/mol. The first-order valence-corrected chi connectivity index (χ1v) is 8.48. The number of carbonyl (C=O) groups is 1. The summed E-state index contributed by atoms with van der Waals surface area (Å²) in [6.45, 7) is 6.85. The van der Waals surface area contributed by atoms with Crippen LogP contribution >= 0.6 is 0 Å². The molecule has 0 aromatic heterocycles. The Morgan fingerprint density at radius 2 is 1.95 bits per heavy atom. The highest BCUT2D eigenvalue weighted by molar-refractivity contribution is 5.74. The summed E-state index contributed by atoms with van der Waals surface area (Å²) < 4.78 is 0. The molecule has 2 atom stereocenters. The number of nitrogens with one attached hydrogen (secondary N) is 1. The van der Waals surface area contributed by atoms with Crippen molar-refractivity contribution in [2.45, 2.75) is 64.3 Å². The van der Waals surface area contributed by atoms with E-state index in [0.717, 1.165) is 19.3 Å². The Bertz CT molecular complexity index is 495. The number of carboxylic acids is 1. The second kappa shape index (κ2) is 6.82. The standard InChI is InChI=1S/C19H29NO2/c1-4-19(5-2,17(21)22)14-20-16-11-12-18(3,13-16)15-9-7-6-8-10-15/h6-10,16,20H,4-5,11-14H2,1-3H3,(H,21,22). The van der Waals surface area contributed by atoms with Gasteiger partial charge in [0, 0.05) is 12.6 Å². The Balaban J connectivity index is 1.98. The van der Waals surface area contributed by atoms with Gasteiger partial charge in [0.05, 0.1) is 5.41 Å². The number of hydrogen-bond donors (Lipinski definition) is 2. The topological polar surface area (TPSA) is 49.3 Å². The molecule has 0 aliphatic heterocycles. The Morgan fingerprint density at radius 1 is 1.32 bits per heavy atom. The summed E-state index contributed by atoms with van der Waals surface area (Å²) in [6.07, 6.45) is 4.71. The van der Waals surface area contributed by atoms with Crippen molar-refractivity contribution < 1.29 is 9.90 Å². The van der Waals surface area contributed by atoms with Gasteiger partial charge in [-0.1, -0.05) is 51.1 Å². The fourth-order valence-corrected chi connectivity index (χ4v) is 3.74. The number of carboxylic acid groups (broad SMARTS) is 1. The molecule has 0 heterocycles. The largest absolute Gasteiger partial charge is 0.481 e. The third-order valence-electron chi connectivity index (χ3n) is 5.75. The van der Waals surface area contributed by atoms with Gasteiger partial charge in [-0.3, -0.25) is 4.79 Å². The van der Waals surface area contributed by atoms with Gasteiger partial charge in [0.1, 0.15) is 0 Å². The molecular weight excluding hydrogens is 274 g/mol. The molecule has 1 aromatic rings. The van der Waals surface area contributed by atoms with Crippen LogP contribution in [-0.4, -0.2) is 23.7 Å². The van der Waals surface area contributed by atoms with Crippen LogP contribution in [0.4, 0.5) is 0 Å². The van der Waals surface area contributed by atoms with Gasteiger partial charge in [-0.05, 0) is 43.1 Å². The van der Waals surface area contributed by atoms with Crippen molar-refractivity contribution in [2.24, 2.45) is 5.41 Å². The first-order valence-electron chi connectivity index (χ1n) is 8.48. The molecule has 3 heteroatoms. The Hall–Kier alpha value is -1.35. The lowest BCUT2D eigenvalue weighted by atomic mass is 9.80. The van der Waals surface area contributed by atoms with E-state index in [1.54, 1.807) is 0 Å². The normalized spacial score (nSPS) is 25.3. The molecule has 0 saturated heterocycles. The monoisotopic (exact) mass is 303 g/mol. The summed E-state index contributed by atoms with van der Waals surface area (Å²) in [6, 6.07) is 11.1. The SMILES string of the molecule is CCC(CC)(CNC1CCC(C)(c2ccccc2)C1)C(=O)O. The van der Waals surface area contributed by atoms with Crippen LogP contribution in [-0.2, 0) is 10.2 Å². The minimum Gasteiger partial charge on any atom is -0.481 e. The molecule has 1 saturated carbocycles. The van der Waals surface area contributed by atoms with Gasteiger partial charge < -0.3 is 10.4 Å². The highest BCUT2D eigenvalue weighted by Crippen LogP contribution is 2.41. The number of benzene rings is 1. The zero-order valence-electron chi connectivity index (χ0n) is 14.1. The van der Waals surface area contributed by atoms with Crippen LogP contribution in [0.5, 0.6) is 0 Å². The van der Waals surface area contributed by atoms with E-state index in [0.29, 0.717) is 25.4 Å². The van der Waals surface area contributed by atoms with Crippen molar-refractivity contribution in [1.29, 1.82) is 0 Å². The Kier molecular flexibility index (Phi) is 5.28. The first kappa shape index (κ1) is 17.0. The lowest BCUT2D eigenvalue weighted by Crippen LogP contribution is -2.43. The van der Waals surface area contributed by atoms with Crippen LogP contribution in [0.1, 0.15) is 58.4 Å². The molecule has 1 fully saturated rings. The molecule has 3 nitrogen and oxygen atoms in total. The van der Waals surface area contributed by atoms with Crippen molar-refractivity contribution in [3.05, 3.63) is 35.9 Å². The fourth-order valence-electron chi connectivity index (χ4n) is 3.74. The number of aliphatic carboxylic acids is 1. The molecule has 1 aliphatic rings. The minimum absolute atomic E-state index is 0.212. The van der Waals surface area contributed by atoms with Crippen molar-refractivity contribution in [2.75, 3.05) is 6.54 Å². The lowest BCUT2D eigenvalue weighted by molar-refractivity contribution is -0.149. The fraction of sp³-hybridized carbons (Fsp3) is 0.632. The van der Waals surface area contributed by atoms with E-state index in [-0.39, 0.29) is 5.41 Å². The van der Waals surface area contributed by atoms with Crippen LogP contribution < -0.4 is 5.32 Å². The second-order valence-corrected chi connectivity index (χ2v) is 7.04. The van der Waals surface area contributed by atoms with E-state index in [1.165, 1.54) is 5.56 Å². The molecule has 0 radical (unpaired) electrons. The van der Waals surface area contributed by atoms with Crippen LogP contribution in [0.15, 0.2) is 30.3 Å². The minimum atomic E-state index is -0.672. The number of rotatable bonds is 7. The van der Waals surface area contributed by atoms with E-state index >= 15 is 0 Å². The highest BCUT2D eigenvalue weighted by Gasteiger charge is 2.39. The second-order valence-electron chi connectivity index (χ2n) is 7.04. The van der Waals surface area contributed by atoms with E-state index in [1.807, 2.05) is 13.8 Å². The maximum atomic E-state index is 11.6. The van der Waals surface area contributed by atoms with Gasteiger partial charge in [0.15, 0.2) is 0 Å². The first-order chi connectivity index (χ1) is 10.5. The summed E-state index contributed by atoms with van der Waals surface area (Å²) in [7, 11) is 0. The average Bonchev–Trinajstić information content (AvgIpc) is 2.92. The zero-order chi connectivity index (χ0) is 16.2. The molecule has 22 heavy (non-hydrogen) atoms. The molecule has 0 bridgehead atoms. The lowest BCUT2D eigenvalue weighted by Gasteiger charge is -2.30. The van der Waals surface area contributed by atoms with Crippen molar-refractivity contribution in [3.63, 3.8) is 0 Å². The average molecular weight is 303 g/mol. The zero-order valence-corrected chi connectivity index (χ0v) is 14.1. The van der Waals surface area contributed by atoms with Crippen molar-refractivity contribution in [3.8, 4) is 0 Å². The quantitative estimate of drug-likeness (QED) is 0.801. The molecule has 1 aromatic carbocycles. The summed E-state index contributed by atoms with van der Waals surface area (Å²) in [5, 5.41) is 13.1. The van der Waals surface area contributed by atoms with Crippen molar-refractivity contribution >= 4 is 5.97 Å². The molecule has 0 spiro atoms. The third-order valence-corrected chi connectivity index (χ3v) is 5.75. The van der Waals surface area contributed by atoms with Gasteiger partial charge in [0.25, 0.3) is 0 Å². The van der Waals surface area contributed by atoms with Crippen LogP contribution in [0, 0.1) is 5.41 Å². The molecule has 122 valence electrons. The van der Waals surface area contributed by atoms with Gasteiger partial charge in [-0.2, -0.15) is 0 Å². The summed E-state index contributed by atoms with van der Waals surface area (Å²) >= 11 is 0. The van der Waals surface area contributed by atoms with Gasteiger partial charge in [-0.25, -0.2) is 0 Å². The summed E-state index contributed by atoms with van der Waals surface area (Å²) in [4.78, 5) is 11.6. The van der Waals surface area contributed by atoms with Crippen LogP contribution in [0.25, 0.3) is 0 Å². The molecular formula is C19H29NO2. The van der Waals surface area contributed by atoms with E-state index in [4.69, 9.17) is 0 Å². The molecule has 2 N–H and O–H groups in total. The summed E-state index contributed by atoms with van der Waals surface area (Å²) in [5.74, 6) is -0.672. The van der Waals surface area contributed by atoms with Crippen LogP contribution in [0.2, 0.25) is 0 Å². The van der Waals surface area contributed by atoms with Crippen LogP contribution in [0.3, 0.4) is 0 Å². The smallest absolute Gasteiger partial charge is 0.310 e. The van der Waals surface area contributed by atoms with Crippen molar-refractivity contribution in [1.82, 2.24) is 5.32 Å². The Morgan fingerprint density at radius 3 is 2.50 bits per heavy atom. The van der Waals surface area contributed by atoms with E-state index < -0.39 is 11.4 Å². The molecule has 1 aliphatic carbocycles. The van der Waals surface area contributed by atoms with Gasteiger partial charge in [0.2, 0.25) is 0 Å². The van der Waals surface area contributed by atoms with Gasteiger partial charge in [-0.15, -0.1) is 0 Å². The third kappa shape index (κ3) is 3.35. The van der Waals surface area contributed by atoms with Gasteiger partial charge >= 0.3 is 5.97 Å².